The first kappa shape index (κ1) is 24.2. The molecule has 176 valence electrons. The second kappa shape index (κ2) is 10.4. The average Bonchev–Trinajstić information content (AvgIpc) is 3.20. The Morgan fingerprint density at radius 3 is 2.67 bits per heavy atom. The normalized spacial score (nSPS) is 14.1. The van der Waals surface area contributed by atoms with Crippen molar-refractivity contribution in [3.63, 3.8) is 0 Å². The molecule has 33 heavy (non-hydrogen) atoms. The van der Waals surface area contributed by atoms with Crippen LogP contribution >= 0.6 is 11.3 Å². The lowest BCUT2D eigenvalue weighted by Crippen LogP contribution is -2.53. The van der Waals surface area contributed by atoms with Crippen molar-refractivity contribution in [2.45, 2.75) is 19.0 Å². The maximum absolute atomic E-state index is 12.9. The van der Waals surface area contributed by atoms with Crippen molar-refractivity contribution in [2.24, 2.45) is 0 Å². The number of carbonyl (C=O) groups is 4. The monoisotopic (exact) mass is 477 g/mol. The van der Waals surface area contributed by atoms with Crippen molar-refractivity contribution in [3.8, 4) is 0 Å². The predicted molar refractivity (Wildman–Crippen MR) is 118 cm³/mol. The maximum Gasteiger partial charge on any atom is 0.314 e. The van der Waals surface area contributed by atoms with E-state index in [1.54, 1.807) is 0 Å². The minimum Gasteiger partial charge on any atom is -0.347 e. The van der Waals surface area contributed by atoms with Gasteiger partial charge in [0.2, 0.25) is 5.91 Å². The van der Waals surface area contributed by atoms with Crippen LogP contribution in [0.2, 0.25) is 0 Å². The molecule has 2 aromatic heterocycles. The Hall–Kier alpha value is -3.45. The molecule has 0 saturated heterocycles. The summed E-state index contributed by atoms with van der Waals surface area (Å²) < 4.78 is 12.9. The number of pyridine rings is 1. The van der Waals surface area contributed by atoms with E-state index in [1.807, 2.05) is 7.05 Å². The lowest BCUT2D eigenvalue weighted by Gasteiger charge is -2.21. The number of amides is 4. The number of anilines is 1. The lowest BCUT2D eigenvalue weighted by atomic mass is 10.2. The summed E-state index contributed by atoms with van der Waals surface area (Å²) in [4.78, 5) is 61.9. The number of nitrogens with one attached hydrogen (secondary N) is 3. The fourth-order valence-corrected chi connectivity index (χ4v) is 4.14. The molecule has 3 rings (SSSR count). The fraction of sp³-hybridized carbons (Fsp3) is 0.400. The molecule has 1 unspecified atom stereocenters. The molecule has 0 aliphatic carbocycles. The van der Waals surface area contributed by atoms with Gasteiger partial charge in [0.1, 0.15) is 17.7 Å². The minimum absolute atomic E-state index is 0.0100. The van der Waals surface area contributed by atoms with Crippen LogP contribution in [-0.2, 0) is 27.3 Å². The second-order valence-electron chi connectivity index (χ2n) is 7.66. The molecular formula is C20H24FN7O4S. The summed E-state index contributed by atoms with van der Waals surface area (Å²) in [5.74, 6) is -3.69. The van der Waals surface area contributed by atoms with E-state index in [9.17, 15) is 23.6 Å². The van der Waals surface area contributed by atoms with Gasteiger partial charge in [-0.15, -0.1) is 11.3 Å². The van der Waals surface area contributed by atoms with Gasteiger partial charge in [0, 0.05) is 45.0 Å². The van der Waals surface area contributed by atoms with E-state index >= 15 is 0 Å². The zero-order valence-electron chi connectivity index (χ0n) is 18.3. The third-order valence-corrected chi connectivity index (χ3v) is 5.88. The molecule has 1 aliphatic rings. The topological polar surface area (TPSA) is 137 Å². The molecular weight excluding hydrogens is 453 g/mol. The van der Waals surface area contributed by atoms with Gasteiger partial charge in [-0.05, 0) is 19.2 Å². The van der Waals surface area contributed by atoms with E-state index in [0.29, 0.717) is 6.54 Å². The van der Waals surface area contributed by atoms with Crippen LogP contribution in [0.1, 0.15) is 20.4 Å². The van der Waals surface area contributed by atoms with Gasteiger partial charge in [-0.3, -0.25) is 19.2 Å². The summed E-state index contributed by atoms with van der Waals surface area (Å²) in [5, 5.41) is 7.36. The van der Waals surface area contributed by atoms with E-state index < -0.39 is 35.5 Å². The number of nitrogens with zero attached hydrogens (tertiary/aromatic N) is 4. The summed E-state index contributed by atoms with van der Waals surface area (Å²) in [6.07, 6.45) is 1.63. The predicted octanol–water partition coefficient (Wildman–Crippen LogP) is -0.393. The molecule has 0 saturated carbocycles. The first-order valence-corrected chi connectivity index (χ1v) is 10.9. The number of halogens is 1. The van der Waals surface area contributed by atoms with Crippen molar-refractivity contribution in [1.82, 2.24) is 30.4 Å². The lowest BCUT2D eigenvalue weighted by molar-refractivity contribution is -0.136. The SMILES string of the molecule is CN1CCc2nc(C(=O)NC(CNC(=O)C(=O)Nc3ccc(F)cn3)C(=O)N(C)C)sc2C1. The van der Waals surface area contributed by atoms with Crippen LogP contribution in [0.5, 0.6) is 0 Å². The molecule has 13 heteroatoms. The number of aromatic nitrogens is 2. The number of carbonyl (C=O) groups excluding carboxylic acids is 4. The second-order valence-corrected chi connectivity index (χ2v) is 8.74. The quantitative estimate of drug-likeness (QED) is 0.482. The highest BCUT2D eigenvalue weighted by Crippen LogP contribution is 2.24. The molecule has 11 nitrogen and oxygen atoms in total. The van der Waals surface area contributed by atoms with E-state index in [0.717, 1.165) is 35.8 Å². The molecule has 4 amide bonds. The first-order valence-electron chi connectivity index (χ1n) is 10.0. The highest BCUT2D eigenvalue weighted by molar-refractivity contribution is 7.13. The fourth-order valence-electron chi connectivity index (χ4n) is 3.05. The molecule has 0 aromatic carbocycles. The van der Waals surface area contributed by atoms with Gasteiger partial charge < -0.3 is 25.8 Å². The minimum atomic E-state index is -1.11. The summed E-state index contributed by atoms with van der Waals surface area (Å²) in [6, 6.07) is 1.16. The van der Waals surface area contributed by atoms with Crippen LogP contribution in [-0.4, -0.2) is 83.7 Å². The Morgan fingerprint density at radius 2 is 2.00 bits per heavy atom. The zero-order valence-corrected chi connectivity index (χ0v) is 19.2. The molecule has 2 aromatic rings. The van der Waals surface area contributed by atoms with Gasteiger partial charge in [-0.1, -0.05) is 0 Å². The number of likely N-dealkylation sites (N-methyl/N-ethyl adjacent to an activating group) is 2. The van der Waals surface area contributed by atoms with Crippen LogP contribution in [0.15, 0.2) is 18.3 Å². The number of fused-ring (bicyclic) bond motifs is 1. The standard InChI is InChI=1S/C20H24FN7O4S/c1-27(2)20(32)13(9-23-16(29)17(30)26-15-5-4-11(21)8-22-15)24-18(31)19-25-12-6-7-28(3)10-14(12)33-19/h4-5,8,13H,6-7,9-10H2,1-3H3,(H,23,29)(H,24,31)(H,22,26,30). The summed E-state index contributed by atoms with van der Waals surface area (Å²) in [7, 11) is 5.00. The van der Waals surface area contributed by atoms with Crippen LogP contribution in [0.25, 0.3) is 0 Å². The first-order chi connectivity index (χ1) is 15.6. The third-order valence-electron chi connectivity index (χ3n) is 4.80. The van der Waals surface area contributed by atoms with E-state index in [1.165, 1.54) is 36.4 Å². The largest absolute Gasteiger partial charge is 0.347 e. The number of hydrogen-bond donors (Lipinski definition) is 3. The Balaban J connectivity index is 1.62. The average molecular weight is 478 g/mol. The Labute approximate surface area is 193 Å². The van der Waals surface area contributed by atoms with Gasteiger partial charge in [-0.2, -0.15) is 0 Å². The molecule has 3 N–H and O–H groups in total. The van der Waals surface area contributed by atoms with Crippen LogP contribution in [0, 0.1) is 5.82 Å². The molecule has 0 bridgehead atoms. The van der Waals surface area contributed by atoms with Gasteiger partial charge in [-0.25, -0.2) is 14.4 Å². The Kier molecular flexibility index (Phi) is 7.66. The Morgan fingerprint density at radius 1 is 1.24 bits per heavy atom. The summed E-state index contributed by atoms with van der Waals surface area (Å²) >= 11 is 1.27. The van der Waals surface area contributed by atoms with Crippen molar-refractivity contribution < 1.29 is 23.6 Å². The van der Waals surface area contributed by atoms with Crippen LogP contribution in [0.3, 0.4) is 0 Å². The van der Waals surface area contributed by atoms with Crippen molar-refractivity contribution in [2.75, 3.05) is 39.5 Å². The summed E-state index contributed by atoms with van der Waals surface area (Å²) in [5.41, 5.74) is 0.873. The smallest absolute Gasteiger partial charge is 0.314 e. The molecule has 0 fully saturated rings. The van der Waals surface area contributed by atoms with Gasteiger partial charge in [0.15, 0.2) is 5.01 Å². The van der Waals surface area contributed by atoms with Gasteiger partial charge >= 0.3 is 11.8 Å². The number of hydrogen-bond acceptors (Lipinski definition) is 8. The Bertz CT molecular complexity index is 1060. The molecule has 1 aliphatic heterocycles. The van der Waals surface area contributed by atoms with Crippen molar-refractivity contribution in [1.29, 1.82) is 0 Å². The highest BCUT2D eigenvalue weighted by atomic mass is 32.1. The molecule has 0 spiro atoms. The van der Waals surface area contributed by atoms with Gasteiger partial charge in [0.05, 0.1) is 11.9 Å². The number of rotatable bonds is 6. The number of thiazole rings is 1. The maximum atomic E-state index is 12.9. The highest BCUT2D eigenvalue weighted by Gasteiger charge is 2.28. The van der Waals surface area contributed by atoms with E-state index in [4.69, 9.17) is 0 Å². The van der Waals surface area contributed by atoms with Crippen LogP contribution in [0.4, 0.5) is 10.2 Å². The van der Waals surface area contributed by atoms with Crippen molar-refractivity contribution in [3.05, 3.63) is 39.7 Å². The third kappa shape index (κ3) is 6.29. The molecule has 3 heterocycles. The van der Waals surface area contributed by atoms with Crippen LogP contribution < -0.4 is 16.0 Å². The molecule has 1 atom stereocenters. The molecule has 0 radical (unpaired) electrons. The van der Waals surface area contributed by atoms with E-state index in [2.05, 4.69) is 30.8 Å². The van der Waals surface area contributed by atoms with E-state index in [-0.39, 0.29) is 17.4 Å². The van der Waals surface area contributed by atoms with Gasteiger partial charge in [0.25, 0.3) is 5.91 Å². The zero-order chi connectivity index (χ0) is 24.1. The van der Waals surface area contributed by atoms with Crippen molar-refractivity contribution >= 4 is 40.8 Å². The summed E-state index contributed by atoms with van der Waals surface area (Å²) in [6.45, 7) is 1.23.